The third-order valence-electron chi connectivity index (χ3n) is 18.5. The van der Waals surface area contributed by atoms with E-state index in [4.69, 9.17) is 52.4 Å². The summed E-state index contributed by atoms with van der Waals surface area (Å²) >= 11 is 12.1. The highest BCUT2D eigenvalue weighted by Gasteiger charge is 2.63. The van der Waals surface area contributed by atoms with Gasteiger partial charge in [-0.05, 0) is 219 Å². The van der Waals surface area contributed by atoms with Gasteiger partial charge in [-0.15, -0.1) is 10.2 Å². The molecule has 0 aromatic carbocycles. The van der Waals surface area contributed by atoms with Gasteiger partial charge in [0.25, 0.3) is 26.0 Å². The molecule has 4 aliphatic rings. The van der Waals surface area contributed by atoms with Gasteiger partial charge in [-0.2, -0.15) is 34.8 Å². The molecule has 6 aromatic heterocycles. The van der Waals surface area contributed by atoms with Crippen molar-refractivity contribution in [3.8, 4) is 23.4 Å². The van der Waals surface area contributed by atoms with E-state index < -0.39 is 66.3 Å². The number of likely N-dealkylation sites (tertiary alicyclic amines) is 2. The fourth-order valence-electron chi connectivity index (χ4n) is 12.5. The van der Waals surface area contributed by atoms with Crippen molar-refractivity contribution in [3.05, 3.63) is 106 Å². The Morgan fingerprint density at radius 2 is 0.981 bits per heavy atom. The summed E-state index contributed by atoms with van der Waals surface area (Å²) in [6.45, 7) is 24.7. The zero-order chi connectivity index (χ0) is 79.3. The minimum Gasteiger partial charge on any atom is -0.478 e. The number of rotatable bonds is 25. The number of carbonyl (C=O) groups is 4. The van der Waals surface area contributed by atoms with Crippen molar-refractivity contribution in [2.45, 2.75) is 212 Å². The van der Waals surface area contributed by atoms with Gasteiger partial charge in [-0.1, -0.05) is 42.8 Å². The Labute approximate surface area is 635 Å². The molecule has 0 radical (unpaired) electrons. The first kappa shape index (κ1) is 87.0. The number of carbonyl (C=O) groups excluding carboxylic acids is 3. The second kappa shape index (κ2) is 33.9. The third-order valence-corrected chi connectivity index (χ3v) is 21.4. The Morgan fingerprint density at radius 1 is 0.593 bits per heavy atom. The molecule has 2 atom stereocenters. The van der Waals surface area contributed by atoms with Gasteiger partial charge in [0.05, 0.1) is 35.2 Å². The lowest BCUT2D eigenvalue weighted by molar-refractivity contribution is -0.190. The van der Waals surface area contributed by atoms with Crippen LogP contribution in [0.4, 0.5) is 47.6 Å². The number of aromatic carboxylic acids is 1. The average Bonchev–Trinajstić information content (AvgIpc) is 1.59. The number of sulfonamides is 2. The van der Waals surface area contributed by atoms with Gasteiger partial charge in [0.1, 0.15) is 33.1 Å². The number of primary sulfonamides is 1. The average molecular weight is 1600 g/mol. The summed E-state index contributed by atoms with van der Waals surface area (Å²) < 4.78 is 154. The molecule has 2 aliphatic carbocycles. The molecule has 108 heavy (non-hydrogen) atoms. The van der Waals surface area contributed by atoms with Crippen molar-refractivity contribution >= 4 is 78.9 Å². The Hall–Kier alpha value is -8.28. The molecule has 4 fully saturated rings. The molecular formula is C71H96Cl2F6N14O13S2. The van der Waals surface area contributed by atoms with E-state index in [1.54, 1.807) is 43.0 Å². The van der Waals surface area contributed by atoms with E-state index in [9.17, 15) is 62.4 Å². The summed E-state index contributed by atoms with van der Waals surface area (Å²) in [4.78, 5) is 69.3. The first-order valence-corrected chi connectivity index (χ1v) is 38.4. The lowest BCUT2D eigenvalue weighted by Crippen LogP contribution is -2.45. The number of alkyl halides is 6. The van der Waals surface area contributed by atoms with E-state index in [1.807, 2.05) is 65.0 Å². The molecule has 0 spiro atoms. The van der Waals surface area contributed by atoms with Gasteiger partial charge in [0, 0.05) is 61.8 Å². The van der Waals surface area contributed by atoms with E-state index >= 15 is 0 Å². The number of hydrogen-bond donors (Lipinski definition) is 5. The summed E-state index contributed by atoms with van der Waals surface area (Å²) in [6, 6.07) is 14.9. The molecule has 0 bridgehead atoms. The second-order valence-corrected chi connectivity index (χ2v) is 34.3. The number of aryl methyl sites for hydroxylation is 2. The smallest absolute Gasteiger partial charge is 0.410 e. The molecule has 2 saturated carbocycles. The van der Waals surface area contributed by atoms with Crippen LogP contribution in [0.1, 0.15) is 186 Å². The van der Waals surface area contributed by atoms with Crippen molar-refractivity contribution in [1.29, 1.82) is 0 Å². The topological polar surface area (TPSA) is 350 Å². The number of nitrogens with one attached hydrogen (secondary N) is 3. The van der Waals surface area contributed by atoms with Crippen molar-refractivity contribution in [3.63, 3.8) is 0 Å². The lowest BCUT2D eigenvalue weighted by atomic mass is 9.93. The number of halogens is 8. The predicted molar refractivity (Wildman–Crippen MR) is 392 cm³/mol. The molecule has 37 heteroatoms. The SMILES string of the molecule is C.Cc1ccc(NCCCC2CN(C(=O)OC(C)(C)C)C(C)(C)C2)nc1S(=O)(=O)NC(=O)c1ccc(-n2ccc(OCCC3(C(F)(F)F)CC3)n2)nc1Cl.Cc1ccc(NCCCC2CN(C(=O)OC(C)(C)C)C(C)(C)C2)nc1S(N)(=O)=O.O=C(O)c1ccc(-n2ccc(OCCC3(C(F)(F)F)CC3)n2)nc1Cl. The molecular weight excluding hydrogens is 1510 g/mol. The summed E-state index contributed by atoms with van der Waals surface area (Å²) in [6.07, 6.45) is -0.821. The molecule has 6 aromatic rings. The van der Waals surface area contributed by atoms with Gasteiger partial charge in [0.2, 0.25) is 11.8 Å². The third kappa shape index (κ3) is 23.1. The normalized spacial score (nSPS) is 17.7. The minimum atomic E-state index is -4.44. The van der Waals surface area contributed by atoms with Crippen LogP contribution in [0, 0.1) is 36.5 Å². The number of carboxylic acids is 1. The van der Waals surface area contributed by atoms with E-state index in [-0.39, 0.29) is 143 Å². The summed E-state index contributed by atoms with van der Waals surface area (Å²) in [5.41, 5.74) is -4.49. The highest BCUT2D eigenvalue weighted by atomic mass is 35.5. The molecule has 3 amide bonds. The minimum absolute atomic E-state index is 0. The van der Waals surface area contributed by atoms with Crippen LogP contribution in [0.2, 0.25) is 10.3 Å². The molecule has 2 saturated heterocycles. The monoisotopic (exact) mass is 1600 g/mol. The molecule has 2 aliphatic heterocycles. The first-order valence-electron chi connectivity index (χ1n) is 34.6. The molecule has 27 nitrogen and oxygen atoms in total. The Kier molecular flexibility index (Phi) is 27.3. The van der Waals surface area contributed by atoms with Crippen molar-refractivity contribution in [2.75, 3.05) is 50.0 Å². The fourth-order valence-corrected chi connectivity index (χ4v) is 14.8. The van der Waals surface area contributed by atoms with Crippen molar-refractivity contribution < 1.29 is 86.4 Å². The highest BCUT2D eigenvalue weighted by molar-refractivity contribution is 7.90. The van der Waals surface area contributed by atoms with Gasteiger partial charge < -0.3 is 44.5 Å². The zero-order valence-corrected chi connectivity index (χ0v) is 64.7. The van der Waals surface area contributed by atoms with E-state index in [2.05, 4.69) is 54.6 Å². The number of nitrogens with zero attached hydrogens (tertiary/aromatic N) is 10. The number of hydrogen-bond acceptors (Lipinski definition) is 20. The molecule has 596 valence electrons. The largest absolute Gasteiger partial charge is 0.478 e. The van der Waals surface area contributed by atoms with Crippen LogP contribution in [-0.2, 0) is 29.5 Å². The van der Waals surface area contributed by atoms with Crippen LogP contribution >= 0.6 is 23.2 Å². The molecule has 2 unspecified atom stereocenters. The van der Waals surface area contributed by atoms with Crippen molar-refractivity contribution in [1.82, 2.24) is 54.0 Å². The highest BCUT2D eigenvalue weighted by Crippen LogP contribution is 2.61. The van der Waals surface area contributed by atoms with Gasteiger partial charge in [-0.25, -0.2) is 62.0 Å². The van der Waals surface area contributed by atoms with Crippen LogP contribution < -0.4 is 30.0 Å². The van der Waals surface area contributed by atoms with Crippen LogP contribution in [0.25, 0.3) is 11.6 Å². The van der Waals surface area contributed by atoms with Crippen LogP contribution in [-0.4, -0.2) is 169 Å². The Morgan fingerprint density at radius 3 is 1.34 bits per heavy atom. The quantitative estimate of drug-likeness (QED) is 0.0202. The maximum atomic E-state index is 13.3. The summed E-state index contributed by atoms with van der Waals surface area (Å²) in [7, 11) is -8.28. The number of anilines is 2. The molecule has 10 rings (SSSR count). The Balaban J connectivity index is 0.000000248. The summed E-state index contributed by atoms with van der Waals surface area (Å²) in [5.74, 6) is -0.112. The predicted octanol–water partition coefficient (Wildman–Crippen LogP) is 14.7. The number of aromatic nitrogens is 8. The number of carboxylic acid groups (broad SMARTS) is 1. The maximum Gasteiger partial charge on any atom is 0.410 e. The molecule has 8 heterocycles. The van der Waals surface area contributed by atoms with E-state index in [0.29, 0.717) is 54.9 Å². The number of amides is 3. The standard InChI is InChI=1S/C35H45ClF3N7O6S.C20H34N4O4S.C15H13ClF3N3O3.CH4/c1-22-9-11-25(40-17-7-8-23-20-33(5,6)45(21-23)31(48)52-32(2,3)4)41-30(22)53(49,50)44-29(47)24-10-12-26(42-28(24)36)46-18-13-27(43-46)51-19-16-34(14-15-34)35(37,38)39;1-14-9-10-16(23-17(14)29(21,26)27)22-11-7-8-15-12-20(5,6)24(13-15)18(25)28-19(2,3)4;16-12-9(13(23)24)1-2-10(20-12)22-7-3-11(21-22)25-8-6-14(4-5-14)15(17,18)19;/h9-13,18,23H,7-8,14-17,19-21H2,1-6H3,(H,40,41)(H,44,47);9-10,15H,7-8,11-13H2,1-6H3,(H,22,23)(H2,21,26,27);1-3,7H,4-6,8H2,(H,23,24);1H4. The number of nitrogens with two attached hydrogens (primary N) is 1. The summed E-state index contributed by atoms with van der Waals surface area (Å²) in [5, 5.41) is 27.7. The molecule has 6 N–H and O–H groups in total. The van der Waals surface area contributed by atoms with Crippen LogP contribution in [0.3, 0.4) is 0 Å². The number of pyridine rings is 4. The van der Waals surface area contributed by atoms with Gasteiger partial charge in [0.15, 0.2) is 21.7 Å². The van der Waals surface area contributed by atoms with Crippen molar-refractivity contribution in [2.24, 2.45) is 27.8 Å². The van der Waals surface area contributed by atoms with E-state index in [0.717, 1.165) is 38.5 Å². The van der Waals surface area contributed by atoms with Crippen LogP contribution in [0.5, 0.6) is 11.8 Å². The maximum absolute atomic E-state index is 13.3. The second-order valence-electron chi connectivity index (χ2n) is 30.5. The van der Waals surface area contributed by atoms with Gasteiger partial charge in [-0.3, -0.25) is 4.79 Å². The first-order chi connectivity index (χ1) is 49.5. The number of ether oxygens (including phenoxy) is 4. The van der Waals surface area contributed by atoms with E-state index in [1.165, 1.54) is 58.2 Å². The lowest BCUT2D eigenvalue weighted by Gasteiger charge is -2.33. The van der Waals surface area contributed by atoms with Crippen LogP contribution in [0.15, 0.2) is 83.1 Å². The zero-order valence-electron chi connectivity index (χ0n) is 61.5. The van der Waals surface area contributed by atoms with Gasteiger partial charge >= 0.3 is 30.5 Å². The Bertz CT molecular complexity index is 4430. The fraction of sp³-hybridized carbons (Fsp3) is 0.577.